The van der Waals surface area contributed by atoms with Crippen LogP contribution in [0.4, 0.5) is 11.4 Å². The second-order valence-electron chi connectivity index (χ2n) is 5.64. The third kappa shape index (κ3) is 1.90. The maximum Gasteiger partial charge on any atom is 0.0419 e. The highest BCUT2D eigenvalue weighted by atomic mass is 15.2. The zero-order valence-electron chi connectivity index (χ0n) is 10.7. The van der Waals surface area contributed by atoms with Gasteiger partial charge in [-0.05, 0) is 49.8 Å². The van der Waals surface area contributed by atoms with E-state index < -0.39 is 0 Å². The van der Waals surface area contributed by atoms with Crippen molar-refractivity contribution in [3.63, 3.8) is 0 Å². The van der Waals surface area contributed by atoms with E-state index >= 15 is 0 Å². The van der Waals surface area contributed by atoms with Crippen LogP contribution in [0.1, 0.15) is 37.7 Å². The lowest BCUT2D eigenvalue weighted by Gasteiger charge is -2.34. The summed E-state index contributed by atoms with van der Waals surface area (Å²) in [6, 6.07) is 7.10. The van der Waals surface area contributed by atoms with Gasteiger partial charge in [-0.25, -0.2) is 0 Å². The number of fused-ring (bicyclic) bond motifs is 1. The van der Waals surface area contributed by atoms with Gasteiger partial charge >= 0.3 is 0 Å². The highest BCUT2D eigenvalue weighted by molar-refractivity contribution is 5.62. The summed E-state index contributed by atoms with van der Waals surface area (Å²) in [5, 5.41) is 0. The van der Waals surface area contributed by atoms with Crippen LogP contribution in [0, 0.1) is 12.8 Å². The van der Waals surface area contributed by atoms with E-state index in [-0.39, 0.29) is 0 Å². The maximum atomic E-state index is 5.94. The van der Waals surface area contributed by atoms with Gasteiger partial charge in [0, 0.05) is 24.0 Å². The Labute approximate surface area is 104 Å². The molecule has 1 aliphatic carbocycles. The van der Waals surface area contributed by atoms with Crippen LogP contribution >= 0.6 is 0 Å². The fraction of sp³-hybridized carbons (Fsp3) is 0.600. The van der Waals surface area contributed by atoms with Crippen LogP contribution in [0.15, 0.2) is 18.2 Å². The van der Waals surface area contributed by atoms with Gasteiger partial charge in [-0.2, -0.15) is 0 Å². The normalized spacial score (nSPS) is 28.2. The molecule has 2 nitrogen and oxygen atoms in total. The molecule has 3 rings (SSSR count). The van der Waals surface area contributed by atoms with Gasteiger partial charge in [0.05, 0.1) is 0 Å². The highest BCUT2D eigenvalue weighted by Gasteiger charge is 2.36. The van der Waals surface area contributed by atoms with Crippen molar-refractivity contribution in [2.24, 2.45) is 5.92 Å². The van der Waals surface area contributed by atoms with Crippen LogP contribution in [0.2, 0.25) is 0 Å². The number of nitrogens with zero attached hydrogens (tertiary/aromatic N) is 1. The van der Waals surface area contributed by atoms with E-state index in [0.29, 0.717) is 0 Å². The van der Waals surface area contributed by atoms with E-state index in [2.05, 4.69) is 24.0 Å². The van der Waals surface area contributed by atoms with Crippen molar-refractivity contribution in [1.82, 2.24) is 0 Å². The molecule has 0 amide bonds. The molecule has 2 heteroatoms. The predicted octanol–water partition coefficient (Wildman–Crippen LogP) is 3.35. The van der Waals surface area contributed by atoms with Crippen LogP contribution in [-0.2, 0) is 0 Å². The summed E-state index contributed by atoms with van der Waals surface area (Å²) in [5.41, 5.74) is 9.57. The van der Waals surface area contributed by atoms with Gasteiger partial charge in [0.15, 0.2) is 0 Å². The summed E-state index contributed by atoms with van der Waals surface area (Å²) in [5.74, 6) is 0.935. The van der Waals surface area contributed by atoms with Crippen molar-refractivity contribution in [3.8, 4) is 0 Å². The standard InChI is InChI=1S/C15H22N2/c1-11-6-7-13(16)10-15(11)17-9-8-12-4-2-3-5-14(12)17/h6-7,10,12,14H,2-5,8-9,16H2,1H3. The van der Waals surface area contributed by atoms with Gasteiger partial charge in [0.2, 0.25) is 0 Å². The van der Waals surface area contributed by atoms with Crippen molar-refractivity contribution in [2.75, 3.05) is 17.2 Å². The molecule has 2 fully saturated rings. The number of benzene rings is 1. The smallest absolute Gasteiger partial charge is 0.0419 e. The number of hydrogen-bond donors (Lipinski definition) is 1. The second-order valence-corrected chi connectivity index (χ2v) is 5.64. The van der Waals surface area contributed by atoms with E-state index in [9.17, 15) is 0 Å². The Balaban J connectivity index is 1.91. The van der Waals surface area contributed by atoms with E-state index in [0.717, 1.165) is 17.6 Å². The second kappa shape index (κ2) is 4.25. The third-order valence-corrected chi connectivity index (χ3v) is 4.55. The third-order valence-electron chi connectivity index (χ3n) is 4.55. The molecule has 92 valence electrons. The Hall–Kier alpha value is -1.18. The van der Waals surface area contributed by atoms with Gasteiger partial charge in [0.25, 0.3) is 0 Å². The SMILES string of the molecule is Cc1ccc(N)cc1N1CCC2CCCCC21. The fourth-order valence-corrected chi connectivity index (χ4v) is 3.64. The topological polar surface area (TPSA) is 29.3 Å². The maximum absolute atomic E-state index is 5.94. The van der Waals surface area contributed by atoms with E-state index in [1.54, 1.807) is 0 Å². The summed E-state index contributed by atoms with van der Waals surface area (Å²) >= 11 is 0. The molecular formula is C15H22N2. The number of nitrogens with two attached hydrogens (primary N) is 1. The quantitative estimate of drug-likeness (QED) is 0.750. The molecule has 1 saturated heterocycles. The summed E-state index contributed by atoms with van der Waals surface area (Å²) < 4.78 is 0. The number of aryl methyl sites for hydroxylation is 1. The lowest BCUT2D eigenvalue weighted by Crippen LogP contribution is -2.35. The van der Waals surface area contributed by atoms with Gasteiger partial charge in [-0.1, -0.05) is 18.9 Å². The summed E-state index contributed by atoms with van der Waals surface area (Å²) in [7, 11) is 0. The minimum Gasteiger partial charge on any atom is -0.399 e. The summed E-state index contributed by atoms with van der Waals surface area (Å²) in [6.45, 7) is 3.42. The first-order chi connectivity index (χ1) is 8.25. The molecule has 0 aromatic heterocycles. The van der Waals surface area contributed by atoms with Crippen LogP contribution in [0.25, 0.3) is 0 Å². The molecule has 0 radical (unpaired) electrons. The lowest BCUT2D eigenvalue weighted by atomic mass is 9.85. The molecule has 2 atom stereocenters. The highest BCUT2D eigenvalue weighted by Crippen LogP contribution is 2.40. The Kier molecular flexibility index (Phi) is 2.73. The molecule has 2 N–H and O–H groups in total. The molecule has 1 aromatic carbocycles. The van der Waals surface area contributed by atoms with Crippen LogP contribution < -0.4 is 10.6 Å². The average molecular weight is 230 g/mol. The van der Waals surface area contributed by atoms with Crippen molar-refractivity contribution in [3.05, 3.63) is 23.8 Å². The van der Waals surface area contributed by atoms with Crippen LogP contribution in [0.3, 0.4) is 0 Å². The summed E-state index contributed by atoms with van der Waals surface area (Å²) in [4.78, 5) is 2.62. The molecule has 17 heavy (non-hydrogen) atoms. The molecule has 1 saturated carbocycles. The average Bonchev–Trinajstić information content (AvgIpc) is 2.76. The molecule has 0 spiro atoms. The first kappa shape index (κ1) is 10.9. The fourth-order valence-electron chi connectivity index (χ4n) is 3.64. The van der Waals surface area contributed by atoms with Crippen molar-refractivity contribution in [1.29, 1.82) is 0 Å². The lowest BCUT2D eigenvalue weighted by molar-refractivity contribution is 0.342. The number of nitrogen functional groups attached to an aromatic ring is 1. The Morgan fingerprint density at radius 3 is 2.88 bits per heavy atom. The monoisotopic (exact) mass is 230 g/mol. The Morgan fingerprint density at radius 2 is 2.00 bits per heavy atom. The van der Waals surface area contributed by atoms with Crippen molar-refractivity contribution < 1.29 is 0 Å². The molecule has 2 aliphatic rings. The van der Waals surface area contributed by atoms with E-state index in [4.69, 9.17) is 5.73 Å². The largest absolute Gasteiger partial charge is 0.399 e. The van der Waals surface area contributed by atoms with Crippen LogP contribution in [-0.4, -0.2) is 12.6 Å². The van der Waals surface area contributed by atoms with E-state index in [1.165, 1.54) is 49.9 Å². The Morgan fingerprint density at radius 1 is 1.18 bits per heavy atom. The molecule has 2 unspecified atom stereocenters. The zero-order valence-corrected chi connectivity index (χ0v) is 10.7. The minimum absolute atomic E-state index is 0.782. The number of hydrogen-bond acceptors (Lipinski definition) is 2. The predicted molar refractivity (Wildman–Crippen MR) is 73.3 cm³/mol. The molecule has 1 aromatic rings. The Bertz CT molecular complexity index is 413. The zero-order chi connectivity index (χ0) is 11.8. The molecule has 0 bridgehead atoms. The first-order valence-corrected chi connectivity index (χ1v) is 6.88. The number of anilines is 2. The van der Waals surface area contributed by atoms with Gasteiger partial charge in [0.1, 0.15) is 0 Å². The van der Waals surface area contributed by atoms with Gasteiger partial charge < -0.3 is 10.6 Å². The molecule has 1 heterocycles. The molecule has 1 aliphatic heterocycles. The number of rotatable bonds is 1. The van der Waals surface area contributed by atoms with E-state index in [1.807, 2.05) is 6.07 Å². The van der Waals surface area contributed by atoms with Crippen molar-refractivity contribution in [2.45, 2.75) is 45.1 Å². The van der Waals surface area contributed by atoms with Gasteiger partial charge in [-0.15, -0.1) is 0 Å². The van der Waals surface area contributed by atoms with Gasteiger partial charge in [-0.3, -0.25) is 0 Å². The van der Waals surface area contributed by atoms with Crippen LogP contribution in [0.5, 0.6) is 0 Å². The van der Waals surface area contributed by atoms with Crippen molar-refractivity contribution >= 4 is 11.4 Å². The molecular weight excluding hydrogens is 208 g/mol. The first-order valence-electron chi connectivity index (χ1n) is 6.88. The minimum atomic E-state index is 0.782. The summed E-state index contributed by atoms with van der Waals surface area (Å²) in [6.07, 6.45) is 7.02.